The number of amides is 1. The molecule has 1 aromatic carbocycles. The van der Waals surface area contributed by atoms with E-state index in [9.17, 15) is 18.8 Å². The van der Waals surface area contributed by atoms with Gasteiger partial charge < -0.3 is 20.2 Å². The second kappa shape index (κ2) is 16.7. The van der Waals surface area contributed by atoms with Gasteiger partial charge in [0.15, 0.2) is 0 Å². The Morgan fingerprint density at radius 3 is 2.59 bits per heavy atom. The normalized spacial score (nSPS) is 19.8. The molecule has 9 heteroatoms. The third-order valence-corrected chi connectivity index (χ3v) is 6.61. The quantitative estimate of drug-likeness (QED) is 0.200. The fourth-order valence-electron chi connectivity index (χ4n) is 4.78. The van der Waals surface area contributed by atoms with Gasteiger partial charge in [0.2, 0.25) is 5.91 Å². The van der Waals surface area contributed by atoms with Crippen molar-refractivity contribution in [1.82, 2.24) is 20.4 Å². The van der Waals surface area contributed by atoms with Crippen molar-refractivity contribution in [1.29, 1.82) is 0 Å². The van der Waals surface area contributed by atoms with Crippen LogP contribution in [-0.2, 0) is 32.2 Å². The summed E-state index contributed by atoms with van der Waals surface area (Å²) >= 11 is 0. The van der Waals surface area contributed by atoms with Gasteiger partial charge in [-0.1, -0.05) is 24.3 Å². The number of morpholine rings is 1. The zero-order valence-corrected chi connectivity index (χ0v) is 23.8. The number of ether oxygens (including phenoxy) is 1. The van der Waals surface area contributed by atoms with E-state index >= 15 is 0 Å². The minimum absolute atomic E-state index is 0.154. The summed E-state index contributed by atoms with van der Waals surface area (Å²) in [6.07, 6.45) is 9.41. The Morgan fingerprint density at radius 1 is 1.26 bits per heavy atom. The number of allylic oxidation sites excluding steroid dienone is 3. The molecule has 3 atom stereocenters. The molecular formula is C30H43FN4O4. The first kappa shape index (κ1) is 32.1. The first-order valence-corrected chi connectivity index (χ1v) is 13.4. The number of aldehydes is 2. The zero-order valence-electron chi connectivity index (χ0n) is 23.8. The van der Waals surface area contributed by atoms with Gasteiger partial charge in [0.25, 0.3) is 0 Å². The molecule has 39 heavy (non-hydrogen) atoms. The largest absolute Gasteiger partial charge is 0.386 e. The number of nitrogens with zero attached hydrogens (tertiary/aromatic N) is 2. The number of nitrogens with one attached hydrogen (secondary N) is 2. The number of hydrogen-bond acceptors (Lipinski definition) is 7. The number of halogens is 1. The second-order valence-corrected chi connectivity index (χ2v) is 9.98. The van der Waals surface area contributed by atoms with Crippen molar-refractivity contribution in [3.8, 4) is 0 Å². The lowest BCUT2D eigenvalue weighted by molar-refractivity contribution is -0.125. The van der Waals surface area contributed by atoms with Crippen molar-refractivity contribution >= 4 is 18.5 Å². The summed E-state index contributed by atoms with van der Waals surface area (Å²) in [5.74, 6) is -0.518. The highest BCUT2D eigenvalue weighted by Gasteiger charge is 2.24. The molecule has 2 rings (SSSR count). The number of hydrogen-bond donors (Lipinski definition) is 2. The molecule has 214 valence electrons. The van der Waals surface area contributed by atoms with Gasteiger partial charge in [-0.05, 0) is 57.5 Å². The predicted octanol–water partition coefficient (Wildman–Crippen LogP) is 3.14. The van der Waals surface area contributed by atoms with E-state index in [-0.39, 0.29) is 43.4 Å². The Balaban J connectivity index is 2.22. The lowest BCUT2D eigenvalue weighted by Gasteiger charge is -2.35. The molecule has 0 saturated carbocycles. The third-order valence-electron chi connectivity index (χ3n) is 6.61. The van der Waals surface area contributed by atoms with Crippen LogP contribution < -0.4 is 10.6 Å². The van der Waals surface area contributed by atoms with Gasteiger partial charge in [-0.15, -0.1) is 0 Å². The maximum absolute atomic E-state index is 14.7. The van der Waals surface area contributed by atoms with Gasteiger partial charge in [-0.25, -0.2) is 4.39 Å². The molecule has 0 spiro atoms. The summed E-state index contributed by atoms with van der Waals surface area (Å²) in [5.41, 5.74) is 2.61. The first-order valence-electron chi connectivity index (χ1n) is 13.4. The minimum atomic E-state index is -0.544. The molecule has 1 aliphatic heterocycles. The molecule has 8 nitrogen and oxygen atoms in total. The van der Waals surface area contributed by atoms with E-state index in [2.05, 4.69) is 29.4 Å². The van der Waals surface area contributed by atoms with Crippen LogP contribution in [0.3, 0.4) is 0 Å². The summed E-state index contributed by atoms with van der Waals surface area (Å²) < 4.78 is 20.5. The standard InChI is InChI=1S/C30H43FN4O4/c1-6-7-9-25(21-37)27(20-34(5)29(10-8-13-36)30(38)32-4)16-33-15-26-14-24(11-12-28(26)31)19-35-17-22(2)39-23(3)18-35/h6-7,9,11-14,16,21-23,29,33H,8,10,15,17-20H2,1-5H3,(H,32,38)/b7-6-,25-9-,27-16+. The number of rotatable bonds is 15. The molecule has 0 radical (unpaired) electrons. The maximum atomic E-state index is 14.7. The van der Waals surface area contributed by atoms with E-state index in [0.29, 0.717) is 29.7 Å². The molecule has 1 saturated heterocycles. The van der Waals surface area contributed by atoms with Crippen molar-refractivity contribution < 1.29 is 23.5 Å². The van der Waals surface area contributed by atoms with Gasteiger partial charge in [-0.3, -0.25) is 19.4 Å². The first-order chi connectivity index (χ1) is 18.7. The Bertz CT molecular complexity index is 1050. The van der Waals surface area contributed by atoms with Gasteiger partial charge in [-0.2, -0.15) is 0 Å². The fraction of sp³-hybridized carbons (Fsp3) is 0.500. The Hall–Kier alpha value is -3.14. The van der Waals surface area contributed by atoms with E-state index < -0.39 is 6.04 Å². The highest BCUT2D eigenvalue weighted by Crippen LogP contribution is 2.18. The fourth-order valence-corrected chi connectivity index (χ4v) is 4.78. The smallest absolute Gasteiger partial charge is 0.237 e. The monoisotopic (exact) mass is 542 g/mol. The Kier molecular flexibility index (Phi) is 13.8. The van der Waals surface area contributed by atoms with Crippen LogP contribution in [0.25, 0.3) is 0 Å². The Morgan fingerprint density at radius 2 is 1.97 bits per heavy atom. The minimum Gasteiger partial charge on any atom is -0.386 e. The summed E-state index contributed by atoms with van der Waals surface area (Å²) in [6.45, 7) is 8.81. The number of likely N-dealkylation sites (N-methyl/N-ethyl adjacent to an activating group) is 2. The number of benzene rings is 1. The molecular weight excluding hydrogens is 499 g/mol. The molecule has 0 aromatic heterocycles. The predicted molar refractivity (Wildman–Crippen MR) is 151 cm³/mol. The molecule has 1 amide bonds. The van der Waals surface area contributed by atoms with Crippen molar-refractivity contribution in [2.75, 3.05) is 33.7 Å². The third kappa shape index (κ3) is 10.5. The van der Waals surface area contributed by atoms with Gasteiger partial charge in [0, 0.05) is 63.5 Å². The van der Waals surface area contributed by atoms with Gasteiger partial charge in [0.1, 0.15) is 18.4 Å². The molecule has 1 aliphatic rings. The van der Waals surface area contributed by atoms with E-state index in [1.807, 2.05) is 25.1 Å². The summed E-state index contributed by atoms with van der Waals surface area (Å²) in [6, 6.07) is 4.62. The SMILES string of the molecule is C\C=C/C=C(C=O)\C(=C\NCc1cc(CN2CC(C)OC(C)C2)ccc1F)CN(C)C(CCC=O)C(=O)NC. The van der Waals surface area contributed by atoms with E-state index in [0.717, 1.165) is 31.2 Å². The highest BCUT2D eigenvalue weighted by molar-refractivity contribution is 5.82. The average molecular weight is 543 g/mol. The van der Waals surface area contributed by atoms with E-state index in [4.69, 9.17) is 4.74 Å². The van der Waals surface area contributed by atoms with Crippen molar-refractivity contribution in [3.63, 3.8) is 0 Å². The Labute approximate surface area is 231 Å². The highest BCUT2D eigenvalue weighted by atomic mass is 19.1. The molecule has 3 unspecified atom stereocenters. The lowest BCUT2D eigenvalue weighted by Crippen LogP contribution is -2.45. The number of carbonyl (C=O) groups excluding carboxylic acids is 3. The maximum Gasteiger partial charge on any atom is 0.237 e. The topological polar surface area (TPSA) is 91.0 Å². The van der Waals surface area contributed by atoms with E-state index in [1.165, 1.54) is 6.07 Å². The van der Waals surface area contributed by atoms with Gasteiger partial charge in [0.05, 0.1) is 18.2 Å². The van der Waals surface area contributed by atoms with Crippen LogP contribution in [0.15, 0.2) is 53.8 Å². The average Bonchev–Trinajstić information content (AvgIpc) is 2.90. The second-order valence-electron chi connectivity index (χ2n) is 9.98. The van der Waals surface area contributed by atoms with Crippen LogP contribution in [-0.4, -0.2) is 80.3 Å². The molecule has 1 heterocycles. The van der Waals surface area contributed by atoms with Crippen LogP contribution in [0.2, 0.25) is 0 Å². The lowest BCUT2D eigenvalue weighted by atomic mass is 10.0. The van der Waals surface area contributed by atoms with Crippen molar-refractivity contribution in [3.05, 3.63) is 70.7 Å². The zero-order chi connectivity index (χ0) is 28.8. The van der Waals surface area contributed by atoms with Crippen LogP contribution in [0.1, 0.15) is 44.7 Å². The molecule has 1 aromatic rings. The van der Waals surface area contributed by atoms with Crippen LogP contribution in [0.4, 0.5) is 4.39 Å². The van der Waals surface area contributed by atoms with Gasteiger partial charge >= 0.3 is 0 Å². The molecule has 1 fully saturated rings. The summed E-state index contributed by atoms with van der Waals surface area (Å²) in [4.78, 5) is 39.4. The molecule has 0 bridgehead atoms. The summed E-state index contributed by atoms with van der Waals surface area (Å²) in [5, 5.41) is 5.80. The molecule has 2 N–H and O–H groups in total. The van der Waals surface area contributed by atoms with E-state index in [1.54, 1.807) is 37.3 Å². The van der Waals surface area contributed by atoms with Crippen molar-refractivity contribution in [2.24, 2.45) is 0 Å². The van der Waals surface area contributed by atoms with Crippen LogP contribution in [0.5, 0.6) is 0 Å². The summed E-state index contributed by atoms with van der Waals surface area (Å²) in [7, 11) is 3.32. The van der Waals surface area contributed by atoms with Crippen LogP contribution >= 0.6 is 0 Å². The number of carbonyl (C=O) groups is 3. The van der Waals surface area contributed by atoms with Crippen molar-refractivity contribution in [2.45, 2.75) is 65.0 Å². The molecule has 0 aliphatic carbocycles. The van der Waals surface area contributed by atoms with Crippen LogP contribution in [0, 0.1) is 5.82 Å².